The molecular formula is C14H12F3N5. The van der Waals surface area contributed by atoms with Crippen molar-refractivity contribution in [3.8, 4) is 17.3 Å². The number of aromatic nitrogens is 3. The first-order chi connectivity index (χ1) is 10.4. The van der Waals surface area contributed by atoms with E-state index in [2.05, 4.69) is 15.2 Å². The normalized spacial score (nSPS) is 18.0. The summed E-state index contributed by atoms with van der Waals surface area (Å²) in [7, 11) is 0. The topological polar surface area (TPSA) is 68.6 Å². The minimum atomic E-state index is -4.62. The molecule has 0 bridgehead atoms. The van der Waals surface area contributed by atoms with Gasteiger partial charge in [-0.3, -0.25) is 5.10 Å². The first-order valence-electron chi connectivity index (χ1n) is 6.70. The molecule has 2 aromatic rings. The standard InChI is InChI=1S/C14H12F3N5/c1-8-2-3-22(8)13-10(5-18)11(14(15,16)17)4-12(21-13)9-6-19-20-7-9/h4,6-8H,2-3H2,1H3,(H,19,20)/t8-/m0/s1. The van der Waals surface area contributed by atoms with Gasteiger partial charge in [-0.05, 0) is 19.4 Å². The maximum Gasteiger partial charge on any atom is 0.417 e. The molecule has 0 amide bonds. The van der Waals surface area contributed by atoms with Gasteiger partial charge in [-0.25, -0.2) is 4.98 Å². The smallest absolute Gasteiger partial charge is 0.353 e. The highest BCUT2D eigenvalue weighted by atomic mass is 19.4. The van der Waals surface area contributed by atoms with Gasteiger partial charge in [-0.15, -0.1) is 0 Å². The second-order valence-corrected chi connectivity index (χ2v) is 5.18. The zero-order valence-corrected chi connectivity index (χ0v) is 11.6. The van der Waals surface area contributed by atoms with E-state index in [9.17, 15) is 18.4 Å². The van der Waals surface area contributed by atoms with Gasteiger partial charge >= 0.3 is 6.18 Å². The summed E-state index contributed by atoms with van der Waals surface area (Å²) in [6.07, 6.45) is -0.880. The van der Waals surface area contributed by atoms with Crippen LogP contribution in [0.4, 0.5) is 19.0 Å². The third-order valence-electron chi connectivity index (χ3n) is 3.80. The Bertz CT molecular complexity index is 730. The van der Waals surface area contributed by atoms with Gasteiger partial charge in [0.15, 0.2) is 0 Å². The molecule has 0 spiro atoms. The molecule has 114 valence electrons. The van der Waals surface area contributed by atoms with Gasteiger partial charge in [-0.1, -0.05) is 0 Å². The highest BCUT2D eigenvalue weighted by Crippen LogP contribution is 2.39. The summed E-state index contributed by atoms with van der Waals surface area (Å²) in [4.78, 5) is 6.00. The number of nitrogens with zero attached hydrogens (tertiary/aromatic N) is 4. The van der Waals surface area contributed by atoms with Gasteiger partial charge in [0, 0.05) is 24.3 Å². The molecule has 0 saturated carbocycles. The molecule has 1 fully saturated rings. The van der Waals surface area contributed by atoms with Crippen molar-refractivity contribution in [2.24, 2.45) is 0 Å². The number of aromatic amines is 1. The number of hydrogen-bond acceptors (Lipinski definition) is 4. The first kappa shape index (κ1) is 14.4. The molecule has 22 heavy (non-hydrogen) atoms. The predicted octanol–water partition coefficient (Wildman–Crippen LogP) is 2.96. The Balaban J connectivity index is 2.23. The Morgan fingerprint density at radius 1 is 1.45 bits per heavy atom. The lowest BCUT2D eigenvalue weighted by Crippen LogP contribution is -2.46. The summed E-state index contributed by atoms with van der Waals surface area (Å²) in [5.74, 6) is 0.0901. The monoisotopic (exact) mass is 307 g/mol. The van der Waals surface area contributed by atoms with Gasteiger partial charge < -0.3 is 4.90 Å². The second-order valence-electron chi connectivity index (χ2n) is 5.18. The fraction of sp³-hybridized carbons (Fsp3) is 0.357. The fourth-order valence-corrected chi connectivity index (χ4v) is 2.44. The van der Waals surface area contributed by atoms with Crippen LogP contribution in [0.1, 0.15) is 24.5 Å². The Morgan fingerprint density at radius 2 is 2.23 bits per heavy atom. The molecule has 3 heterocycles. The van der Waals surface area contributed by atoms with E-state index < -0.39 is 17.3 Å². The lowest BCUT2D eigenvalue weighted by molar-refractivity contribution is -0.137. The van der Waals surface area contributed by atoms with Gasteiger partial charge in [-0.2, -0.15) is 23.5 Å². The molecule has 1 saturated heterocycles. The van der Waals surface area contributed by atoms with Crippen LogP contribution in [-0.4, -0.2) is 27.8 Å². The zero-order chi connectivity index (χ0) is 15.9. The Labute approximate surface area is 124 Å². The van der Waals surface area contributed by atoms with E-state index in [1.54, 1.807) is 11.0 Å². The van der Waals surface area contributed by atoms with Crippen molar-refractivity contribution < 1.29 is 13.2 Å². The Kier molecular flexibility index (Phi) is 3.28. The van der Waals surface area contributed by atoms with Crippen LogP contribution < -0.4 is 4.90 Å². The molecule has 0 unspecified atom stereocenters. The molecule has 3 rings (SSSR count). The zero-order valence-electron chi connectivity index (χ0n) is 11.6. The second kappa shape index (κ2) is 5.02. The lowest BCUT2D eigenvalue weighted by atomic mass is 10.0. The summed E-state index contributed by atoms with van der Waals surface area (Å²) in [5.41, 5.74) is -0.791. The van der Waals surface area contributed by atoms with Crippen molar-refractivity contribution in [3.05, 3.63) is 29.6 Å². The third-order valence-corrected chi connectivity index (χ3v) is 3.80. The van der Waals surface area contributed by atoms with Gasteiger partial charge in [0.05, 0.1) is 17.5 Å². The number of rotatable bonds is 2. The molecule has 0 aliphatic carbocycles. The molecule has 1 aliphatic rings. The van der Waals surface area contributed by atoms with Crippen molar-refractivity contribution in [2.75, 3.05) is 11.4 Å². The number of nitrogens with one attached hydrogen (secondary N) is 1. The van der Waals surface area contributed by atoms with Gasteiger partial charge in [0.1, 0.15) is 17.5 Å². The van der Waals surface area contributed by atoms with Crippen LogP contribution in [-0.2, 0) is 6.18 Å². The molecule has 1 N–H and O–H groups in total. The molecular weight excluding hydrogens is 295 g/mol. The predicted molar refractivity (Wildman–Crippen MR) is 73.0 cm³/mol. The van der Waals surface area contributed by atoms with Crippen molar-refractivity contribution in [1.29, 1.82) is 5.26 Å². The number of halogens is 3. The summed E-state index contributed by atoms with van der Waals surface area (Å²) >= 11 is 0. The maximum absolute atomic E-state index is 13.3. The molecule has 1 atom stereocenters. The van der Waals surface area contributed by atoms with E-state index in [4.69, 9.17) is 0 Å². The molecule has 1 aliphatic heterocycles. The van der Waals surface area contributed by atoms with E-state index in [1.165, 1.54) is 12.4 Å². The number of anilines is 1. The average Bonchev–Trinajstić information content (AvgIpc) is 2.98. The van der Waals surface area contributed by atoms with E-state index >= 15 is 0 Å². The Morgan fingerprint density at radius 3 is 2.68 bits per heavy atom. The highest BCUT2D eigenvalue weighted by Gasteiger charge is 2.38. The largest absolute Gasteiger partial charge is 0.417 e. The van der Waals surface area contributed by atoms with Crippen molar-refractivity contribution in [3.63, 3.8) is 0 Å². The van der Waals surface area contributed by atoms with Crippen LogP contribution in [0.25, 0.3) is 11.3 Å². The van der Waals surface area contributed by atoms with Crippen LogP contribution in [0.5, 0.6) is 0 Å². The molecule has 2 aromatic heterocycles. The van der Waals surface area contributed by atoms with Gasteiger partial charge in [0.25, 0.3) is 0 Å². The minimum absolute atomic E-state index is 0.0697. The van der Waals surface area contributed by atoms with Crippen LogP contribution in [0.15, 0.2) is 18.5 Å². The first-order valence-corrected chi connectivity index (χ1v) is 6.70. The number of nitriles is 1. The minimum Gasteiger partial charge on any atom is -0.353 e. The van der Waals surface area contributed by atoms with Crippen molar-refractivity contribution >= 4 is 5.82 Å². The highest BCUT2D eigenvalue weighted by molar-refractivity contribution is 5.68. The molecule has 0 aromatic carbocycles. The molecule has 0 radical (unpaired) electrons. The van der Waals surface area contributed by atoms with Crippen LogP contribution >= 0.6 is 0 Å². The summed E-state index contributed by atoms with van der Waals surface area (Å²) in [5, 5.41) is 15.5. The quantitative estimate of drug-likeness (QED) is 0.926. The maximum atomic E-state index is 13.3. The van der Waals surface area contributed by atoms with Crippen LogP contribution in [0.3, 0.4) is 0 Å². The van der Waals surface area contributed by atoms with Crippen LogP contribution in [0, 0.1) is 11.3 Å². The van der Waals surface area contributed by atoms with Crippen molar-refractivity contribution in [2.45, 2.75) is 25.6 Å². The van der Waals surface area contributed by atoms with E-state index in [-0.39, 0.29) is 17.6 Å². The molecule has 5 nitrogen and oxygen atoms in total. The average molecular weight is 307 g/mol. The van der Waals surface area contributed by atoms with Crippen molar-refractivity contribution in [1.82, 2.24) is 15.2 Å². The van der Waals surface area contributed by atoms with Crippen LogP contribution in [0.2, 0.25) is 0 Å². The van der Waals surface area contributed by atoms with Gasteiger partial charge in [0.2, 0.25) is 0 Å². The third kappa shape index (κ3) is 2.28. The van der Waals surface area contributed by atoms with E-state index in [0.29, 0.717) is 12.1 Å². The number of H-pyrrole nitrogens is 1. The fourth-order valence-electron chi connectivity index (χ4n) is 2.44. The summed E-state index contributed by atoms with van der Waals surface area (Å²) < 4.78 is 39.9. The number of pyridine rings is 1. The van der Waals surface area contributed by atoms with E-state index in [1.807, 2.05) is 6.92 Å². The molecule has 8 heteroatoms. The number of alkyl halides is 3. The summed E-state index contributed by atoms with van der Waals surface area (Å²) in [6, 6.07) is 2.64. The lowest BCUT2D eigenvalue weighted by Gasteiger charge is -2.40. The number of hydrogen-bond donors (Lipinski definition) is 1. The van der Waals surface area contributed by atoms with E-state index in [0.717, 1.165) is 12.5 Å². The SMILES string of the molecule is C[C@H]1CCN1c1nc(-c2cn[nH]c2)cc(C(F)(F)F)c1C#N. The Hall–Kier alpha value is -2.56. The summed E-state index contributed by atoms with van der Waals surface area (Å²) in [6.45, 7) is 2.49.